The van der Waals surface area contributed by atoms with Gasteiger partial charge in [0, 0.05) is 10.9 Å². The molecule has 2 atom stereocenters. The Morgan fingerprint density at radius 3 is 2.70 bits per heavy atom. The van der Waals surface area contributed by atoms with Crippen molar-refractivity contribution >= 4 is 21.9 Å². The lowest BCUT2D eigenvalue weighted by Crippen LogP contribution is -2.57. The summed E-state index contributed by atoms with van der Waals surface area (Å²) in [6.45, 7) is 3.66. The Hall–Kier alpha value is -1.43. The number of benzene rings is 1. The summed E-state index contributed by atoms with van der Waals surface area (Å²) in [6.07, 6.45) is 0.209. The topological polar surface area (TPSA) is 35.5 Å². The number of esters is 1. The fourth-order valence-corrected chi connectivity index (χ4v) is 3.85. The lowest BCUT2D eigenvalue weighted by molar-refractivity contribution is -0.194. The third-order valence-electron chi connectivity index (χ3n) is 4.92. The molecule has 1 heterocycles. The zero-order valence-electron chi connectivity index (χ0n) is 13.1. The Morgan fingerprint density at radius 2 is 2.04 bits per heavy atom. The third kappa shape index (κ3) is 2.22. The predicted octanol–water partition coefficient (Wildman–Crippen LogP) is 4.59. The summed E-state index contributed by atoms with van der Waals surface area (Å²) >= 11 is 3.22. The Balaban J connectivity index is 2.18. The first-order valence-electron chi connectivity index (χ1n) is 7.33. The highest BCUT2D eigenvalue weighted by Gasteiger charge is 2.69. The van der Waals surface area contributed by atoms with Crippen molar-refractivity contribution in [3.8, 4) is 5.75 Å². The van der Waals surface area contributed by atoms with Gasteiger partial charge in [0.15, 0.2) is 5.60 Å². The van der Waals surface area contributed by atoms with Crippen LogP contribution in [0.1, 0.15) is 32.3 Å². The predicted molar refractivity (Wildman–Crippen MR) is 84.5 cm³/mol. The highest BCUT2D eigenvalue weighted by molar-refractivity contribution is 9.10. The monoisotopic (exact) mass is 386 g/mol. The molecule has 0 amide bonds. The van der Waals surface area contributed by atoms with Gasteiger partial charge in [0.1, 0.15) is 11.7 Å². The van der Waals surface area contributed by atoms with Crippen LogP contribution in [-0.2, 0) is 15.5 Å². The van der Waals surface area contributed by atoms with E-state index in [0.29, 0.717) is 4.47 Å². The maximum absolute atomic E-state index is 15.3. The van der Waals surface area contributed by atoms with Crippen molar-refractivity contribution in [2.75, 3.05) is 7.11 Å². The fraction of sp³-hybridized carbons (Fsp3) is 0.471. The molecule has 1 aromatic carbocycles. The molecule has 0 fully saturated rings. The number of rotatable bonds is 1. The van der Waals surface area contributed by atoms with Crippen molar-refractivity contribution in [1.29, 1.82) is 0 Å². The Labute approximate surface area is 141 Å². The van der Waals surface area contributed by atoms with Crippen molar-refractivity contribution in [2.45, 2.75) is 38.2 Å². The standard InChI is InChI=1S/C17H17BrF2O3/c1-9-6-13(15(21)22-3)16(8-10(9)2)17(19,20)12-7-11(18)4-5-14(12)23-16/h4-5,7,13H,6,8H2,1-3H3/t13-,16+/m0/s1. The van der Waals surface area contributed by atoms with Crippen molar-refractivity contribution in [2.24, 2.45) is 5.92 Å². The Morgan fingerprint density at radius 1 is 1.35 bits per heavy atom. The Bertz CT molecular complexity index is 714. The van der Waals surface area contributed by atoms with Crippen LogP contribution in [0.3, 0.4) is 0 Å². The number of allylic oxidation sites excluding steroid dienone is 1. The van der Waals surface area contributed by atoms with Gasteiger partial charge in [-0.25, -0.2) is 0 Å². The van der Waals surface area contributed by atoms with E-state index in [1.807, 2.05) is 13.8 Å². The maximum atomic E-state index is 15.3. The number of carbonyl (C=O) groups excluding carboxylic acids is 1. The number of ether oxygens (including phenoxy) is 2. The fourth-order valence-electron chi connectivity index (χ4n) is 3.49. The molecule has 0 bridgehead atoms. The molecule has 0 aromatic heterocycles. The molecular weight excluding hydrogens is 370 g/mol. The van der Waals surface area contributed by atoms with Gasteiger partial charge in [0.05, 0.1) is 12.7 Å². The van der Waals surface area contributed by atoms with Crippen LogP contribution in [0.15, 0.2) is 33.8 Å². The van der Waals surface area contributed by atoms with Gasteiger partial charge >= 0.3 is 11.9 Å². The summed E-state index contributed by atoms with van der Waals surface area (Å²) in [5, 5.41) is 0. The van der Waals surface area contributed by atoms with E-state index in [2.05, 4.69) is 15.9 Å². The van der Waals surface area contributed by atoms with E-state index in [9.17, 15) is 4.79 Å². The molecule has 1 aromatic rings. The highest BCUT2D eigenvalue weighted by Crippen LogP contribution is 2.60. The zero-order valence-corrected chi connectivity index (χ0v) is 14.7. The molecule has 1 aliphatic heterocycles. The van der Waals surface area contributed by atoms with Crippen LogP contribution in [0, 0.1) is 5.92 Å². The number of fused-ring (bicyclic) bond motifs is 1. The van der Waals surface area contributed by atoms with Crippen molar-refractivity contribution in [3.05, 3.63) is 39.4 Å². The summed E-state index contributed by atoms with van der Waals surface area (Å²) in [4.78, 5) is 12.2. The van der Waals surface area contributed by atoms with Gasteiger partial charge in [0.25, 0.3) is 0 Å². The summed E-state index contributed by atoms with van der Waals surface area (Å²) in [5.41, 5.74) is -0.348. The SMILES string of the molecule is COC(=O)[C@@H]1CC(C)=C(C)C[C@@]12Oc1ccc(Br)cc1C2(F)F. The average Bonchev–Trinajstić information content (AvgIpc) is 2.71. The normalized spacial score (nSPS) is 28.5. The number of methoxy groups -OCH3 is 1. The van der Waals surface area contributed by atoms with Crippen molar-refractivity contribution in [1.82, 2.24) is 0 Å². The van der Waals surface area contributed by atoms with E-state index in [-0.39, 0.29) is 24.2 Å². The van der Waals surface area contributed by atoms with E-state index in [1.54, 1.807) is 6.07 Å². The minimum atomic E-state index is -3.28. The average molecular weight is 387 g/mol. The van der Waals surface area contributed by atoms with Crippen LogP contribution in [0.5, 0.6) is 5.75 Å². The quantitative estimate of drug-likeness (QED) is 0.522. The molecule has 2 aliphatic rings. The summed E-state index contributed by atoms with van der Waals surface area (Å²) < 4.78 is 41.8. The Kier molecular flexibility index (Phi) is 3.78. The lowest BCUT2D eigenvalue weighted by atomic mass is 9.69. The van der Waals surface area contributed by atoms with Gasteiger partial charge in [-0.15, -0.1) is 0 Å². The molecule has 1 aliphatic carbocycles. The first-order valence-corrected chi connectivity index (χ1v) is 8.12. The largest absolute Gasteiger partial charge is 0.479 e. The number of halogens is 3. The van der Waals surface area contributed by atoms with Gasteiger partial charge in [-0.1, -0.05) is 27.1 Å². The van der Waals surface area contributed by atoms with Gasteiger partial charge < -0.3 is 9.47 Å². The maximum Gasteiger partial charge on any atom is 0.316 e. The van der Waals surface area contributed by atoms with Crippen LogP contribution in [0.25, 0.3) is 0 Å². The summed E-state index contributed by atoms with van der Waals surface area (Å²) in [6, 6.07) is 4.52. The second-order valence-electron chi connectivity index (χ2n) is 6.22. The lowest BCUT2D eigenvalue weighted by Gasteiger charge is -2.42. The second-order valence-corrected chi connectivity index (χ2v) is 7.14. The van der Waals surface area contributed by atoms with Gasteiger partial charge in [-0.3, -0.25) is 4.79 Å². The summed E-state index contributed by atoms with van der Waals surface area (Å²) in [7, 11) is 1.22. The molecule has 3 rings (SSSR count). The molecular formula is C17H17BrF2O3. The van der Waals surface area contributed by atoms with Crippen molar-refractivity contribution < 1.29 is 23.0 Å². The number of alkyl halides is 2. The zero-order chi connectivity index (χ0) is 17.0. The van der Waals surface area contributed by atoms with E-state index in [0.717, 1.165) is 11.1 Å². The smallest absolute Gasteiger partial charge is 0.316 e. The van der Waals surface area contributed by atoms with E-state index in [1.165, 1.54) is 19.2 Å². The first kappa shape index (κ1) is 16.4. The second kappa shape index (κ2) is 5.30. The molecule has 124 valence electrons. The molecule has 0 unspecified atom stereocenters. The van der Waals surface area contributed by atoms with Crippen LogP contribution >= 0.6 is 15.9 Å². The van der Waals surface area contributed by atoms with Crippen LogP contribution < -0.4 is 4.74 Å². The summed E-state index contributed by atoms with van der Waals surface area (Å²) in [5.74, 6) is -4.87. The molecule has 0 radical (unpaired) electrons. The first-order chi connectivity index (χ1) is 10.7. The number of hydrogen-bond acceptors (Lipinski definition) is 3. The van der Waals surface area contributed by atoms with E-state index in [4.69, 9.17) is 9.47 Å². The van der Waals surface area contributed by atoms with Gasteiger partial charge in [0.2, 0.25) is 0 Å². The van der Waals surface area contributed by atoms with Gasteiger partial charge in [-0.05, 0) is 38.5 Å². The van der Waals surface area contributed by atoms with Crippen LogP contribution in [-0.4, -0.2) is 18.7 Å². The van der Waals surface area contributed by atoms with Crippen LogP contribution in [0.4, 0.5) is 8.78 Å². The van der Waals surface area contributed by atoms with Gasteiger partial charge in [-0.2, -0.15) is 8.78 Å². The minimum Gasteiger partial charge on any atom is -0.479 e. The number of hydrogen-bond donors (Lipinski definition) is 0. The molecule has 0 saturated carbocycles. The third-order valence-corrected chi connectivity index (χ3v) is 5.41. The van der Waals surface area contributed by atoms with Crippen molar-refractivity contribution in [3.63, 3.8) is 0 Å². The van der Waals surface area contributed by atoms with E-state index >= 15 is 8.78 Å². The molecule has 6 heteroatoms. The number of carbonyl (C=O) groups is 1. The molecule has 0 saturated heterocycles. The minimum absolute atomic E-state index is 0.00208. The van der Waals surface area contributed by atoms with Crippen LogP contribution in [0.2, 0.25) is 0 Å². The molecule has 23 heavy (non-hydrogen) atoms. The van der Waals surface area contributed by atoms with E-state index < -0.39 is 23.4 Å². The molecule has 0 N–H and O–H groups in total. The molecule has 1 spiro atoms. The highest BCUT2D eigenvalue weighted by atomic mass is 79.9. The molecule has 3 nitrogen and oxygen atoms in total.